The van der Waals surface area contributed by atoms with Crippen molar-refractivity contribution in [3.63, 3.8) is 0 Å². The van der Waals surface area contributed by atoms with Crippen LogP contribution < -0.4 is 5.32 Å². The van der Waals surface area contributed by atoms with Crippen LogP contribution in [0.5, 0.6) is 0 Å². The molecule has 0 aromatic carbocycles. The van der Waals surface area contributed by atoms with Crippen LogP contribution in [0.1, 0.15) is 46.0 Å². The van der Waals surface area contributed by atoms with Crippen LogP contribution in [0.3, 0.4) is 0 Å². The predicted octanol–water partition coefficient (Wildman–Crippen LogP) is 2.74. The van der Waals surface area contributed by atoms with E-state index in [1.54, 1.807) is 0 Å². The third-order valence-electron chi connectivity index (χ3n) is 5.19. The Morgan fingerprint density at radius 2 is 1.88 bits per heavy atom. The Hall–Kier alpha value is -0.0800. The lowest BCUT2D eigenvalue weighted by molar-refractivity contribution is 0.188. The highest BCUT2D eigenvalue weighted by Gasteiger charge is 2.47. The summed E-state index contributed by atoms with van der Waals surface area (Å²) in [5.74, 6) is 2.98. The zero-order valence-corrected chi connectivity index (χ0v) is 12.1. The van der Waals surface area contributed by atoms with E-state index in [9.17, 15) is 0 Å². The van der Waals surface area contributed by atoms with Crippen molar-refractivity contribution in [2.75, 3.05) is 20.6 Å². The Kier molecular flexibility index (Phi) is 4.48. The fourth-order valence-electron chi connectivity index (χ4n) is 3.83. The highest BCUT2D eigenvalue weighted by atomic mass is 15.1. The second kappa shape index (κ2) is 5.71. The van der Waals surface area contributed by atoms with Crippen LogP contribution in [-0.4, -0.2) is 37.6 Å². The van der Waals surface area contributed by atoms with E-state index in [0.29, 0.717) is 6.04 Å². The summed E-state index contributed by atoms with van der Waals surface area (Å²) in [4.78, 5) is 2.42. The maximum absolute atomic E-state index is 3.86. The van der Waals surface area contributed by atoms with Gasteiger partial charge in [-0.1, -0.05) is 26.7 Å². The molecule has 2 saturated carbocycles. The molecule has 0 spiro atoms. The third-order valence-corrected chi connectivity index (χ3v) is 5.19. The van der Waals surface area contributed by atoms with Crippen molar-refractivity contribution in [3.8, 4) is 0 Å². The zero-order valence-electron chi connectivity index (χ0n) is 12.1. The van der Waals surface area contributed by atoms with Crippen LogP contribution in [-0.2, 0) is 0 Å². The normalized spacial score (nSPS) is 33.2. The molecule has 0 heterocycles. The van der Waals surface area contributed by atoms with Gasteiger partial charge in [0, 0.05) is 18.6 Å². The van der Waals surface area contributed by atoms with Gasteiger partial charge in [-0.3, -0.25) is 0 Å². The molecule has 17 heavy (non-hydrogen) atoms. The van der Waals surface area contributed by atoms with Crippen LogP contribution in [0.15, 0.2) is 0 Å². The van der Waals surface area contributed by atoms with Crippen molar-refractivity contribution in [3.05, 3.63) is 0 Å². The van der Waals surface area contributed by atoms with Gasteiger partial charge in [-0.2, -0.15) is 0 Å². The lowest BCUT2D eigenvalue weighted by atomic mass is 9.93. The summed E-state index contributed by atoms with van der Waals surface area (Å²) in [6.07, 6.45) is 7.03. The van der Waals surface area contributed by atoms with Gasteiger partial charge < -0.3 is 10.2 Å². The minimum atomic E-state index is 0.711. The predicted molar refractivity (Wildman–Crippen MR) is 74.2 cm³/mol. The Morgan fingerprint density at radius 1 is 1.18 bits per heavy atom. The summed E-state index contributed by atoms with van der Waals surface area (Å²) in [7, 11) is 4.47. The SMILES string of the molecule is CCC(CC)C(CNC1CC[C@H]2C[C@@H]12)N(C)C. The molecule has 0 aromatic heterocycles. The average Bonchev–Trinajstić information content (AvgIpc) is 2.99. The van der Waals surface area contributed by atoms with Gasteiger partial charge in [-0.15, -0.1) is 0 Å². The van der Waals surface area contributed by atoms with Crippen LogP contribution >= 0.6 is 0 Å². The van der Waals surface area contributed by atoms with Gasteiger partial charge in [0.25, 0.3) is 0 Å². The fraction of sp³-hybridized carbons (Fsp3) is 1.00. The van der Waals surface area contributed by atoms with Gasteiger partial charge in [0.2, 0.25) is 0 Å². The molecule has 2 aliphatic carbocycles. The van der Waals surface area contributed by atoms with E-state index in [1.165, 1.54) is 38.6 Å². The van der Waals surface area contributed by atoms with E-state index in [4.69, 9.17) is 0 Å². The molecule has 0 saturated heterocycles. The Balaban J connectivity index is 1.80. The highest BCUT2D eigenvalue weighted by molar-refractivity contribution is 5.01. The van der Waals surface area contributed by atoms with Crippen LogP contribution in [0, 0.1) is 17.8 Å². The molecule has 2 aliphatic rings. The quantitative estimate of drug-likeness (QED) is 0.733. The number of nitrogens with zero attached hydrogens (tertiary/aromatic N) is 1. The lowest BCUT2D eigenvalue weighted by Crippen LogP contribution is -2.46. The largest absolute Gasteiger partial charge is 0.312 e. The average molecular weight is 238 g/mol. The van der Waals surface area contributed by atoms with Gasteiger partial charge in [-0.25, -0.2) is 0 Å². The molecule has 100 valence electrons. The molecule has 0 radical (unpaired) electrons. The number of likely N-dealkylation sites (N-methyl/N-ethyl adjacent to an activating group) is 1. The zero-order chi connectivity index (χ0) is 12.4. The summed E-state index contributed by atoms with van der Waals surface area (Å²) in [6.45, 7) is 5.85. The molecule has 4 atom stereocenters. The lowest BCUT2D eigenvalue weighted by Gasteiger charge is -2.33. The van der Waals surface area contributed by atoms with Crippen molar-refractivity contribution < 1.29 is 0 Å². The molecule has 2 fully saturated rings. The van der Waals surface area contributed by atoms with Crippen molar-refractivity contribution in [2.45, 2.75) is 58.0 Å². The molecule has 1 N–H and O–H groups in total. The number of fused-ring (bicyclic) bond motifs is 1. The highest BCUT2D eigenvalue weighted by Crippen LogP contribution is 2.51. The van der Waals surface area contributed by atoms with E-state index in [1.807, 2.05) is 0 Å². The van der Waals surface area contributed by atoms with E-state index in [0.717, 1.165) is 23.8 Å². The van der Waals surface area contributed by atoms with Crippen LogP contribution in [0.25, 0.3) is 0 Å². The maximum Gasteiger partial charge on any atom is 0.0242 e. The molecule has 0 aliphatic heterocycles. The number of nitrogens with one attached hydrogen (secondary N) is 1. The fourth-order valence-corrected chi connectivity index (χ4v) is 3.83. The second-order valence-corrected chi connectivity index (χ2v) is 6.36. The number of hydrogen-bond donors (Lipinski definition) is 1. The molecule has 2 rings (SSSR count). The second-order valence-electron chi connectivity index (χ2n) is 6.36. The van der Waals surface area contributed by atoms with Gasteiger partial charge in [0.15, 0.2) is 0 Å². The van der Waals surface area contributed by atoms with Crippen LogP contribution in [0.2, 0.25) is 0 Å². The molecule has 2 heteroatoms. The topological polar surface area (TPSA) is 15.3 Å². The molecule has 2 nitrogen and oxygen atoms in total. The Bertz CT molecular complexity index is 235. The third kappa shape index (κ3) is 3.03. The molecular formula is C15H30N2. The van der Waals surface area contributed by atoms with E-state index in [2.05, 4.69) is 38.2 Å². The first-order chi connectivity index (χ1) is 8.17. The first kappa shape index (κ1) is 13.4. The Morgan fingerprint density at radius 3 is 2.29 bits per heavy atom. The van der Waals surface area contributed by atoms with Crippen molar-refractivity contribution >= 4 is 0 Å². The van der Waals surface area contributed by atoms with Crippen molar-refractivity contribution in [2.24, 2.45) is 17.8 Å². The Labute approximate surface area is 107 Å². The maximum atomic E-state index is 3.86. The summed E-state index contributed by atoms with van der Waals surface area (Å²) >= 11 is 0. The molecule has 0 amide bonds. The first-order valence-electron chi connectivity index (χ1n) is 7.57. The van der Waals surface area contributed by atoms with Gasteiger partial charge in [0.05, 0.1) is 0 Å². The van der Waals surface area contributed by atoms with Gasteiger partial charge in [-0.05, 0) is 51.1 Å². The minimum Gasteiger partial charge on any atom is -0.312 e. The molecule has 0 bridgehead atoms. The van der Waals surface area contributed by atoms with E-state index in [-0.39, 0.29) is 0 Å². The van der Waals surface area contributed by atoms with Crippen LogP contribution in [0.4, 0.5) is 0 Å². The smallest absolute Gasteiger partial charge is 0.0242 e. The monoisotopic (exact) mass is 238 g/mol. The first-order valence-corrected chi connectivity index (χ1v) is 7.57. The van der Waals surface area contributed by atoms with Gasteiger partial charge in [0.1, 0.15) is 0 Å². The molecular weight excluding hydrogens is 208 g/mol. The molecule has 2 unspecified atom stereocenters. The summed E-state index contributed by atoms with van der Waals surface area (Å²) < 4.78 is 0. The number of hydrogen-bond acceptors (Lipinski definition) is 2. The summed E-state index contributed by atoms with van der Waals surface area (Å²) in [5, 5.41) is 3.86. The van der Waals surface area contributed by atoms with E-state index < -0.39 is 0 Å². The van der Waals surface area contributed by atoms with E-state index >= 15 is 0 Å². The van der Waals surface area contributed by atoms with Gasteiger partial charge >= 0.3 is 0 Å². The van der Waals surface area contributed by atoms with Crippen molar-refractivity contribution in [1.82, 2.24) is 10.2 Å². The van der Waals surface area contributed by atoms with Crippen molar-refractivity contribution in [1.29, 1.82) is 0 Å². The minimum absolute atomic E-state index is 0.711. The standard InChI is InChI=1S/C15H30N2/c1-5-11(6-2)15(17(3)4)10-16-14-8-7-12-9-13(12)14/h11-16H,5-10H2,1-4H3/t12-,13+,14?,15?/m0/s1. The number of rotatable bonds is 7. The summed E-state index contributed by atoms with van der Waals surface area (Å²) in [5.41, 5.74) is 0. The summed E-state index contributed by atoms with van der Waals surface area (Å²) in [6, 6.07) is 1.56. The molecule has 0 aromatic rings.